The predicted molar refractivity (Wildman–Crippen MR) is 221 cm³/mol. The molecule has 260 valence electrons. The van der Waals surface area contributed by atoms with Crippen LogP contribution in [-0.2, 0) is 5.41 Å². The van der Waals surface area contributed by atoms with Crippen molar-refractivity contribution in [3.8, 4) is 74.0 Å². The zero-order chi connectivity index (χ0) is 37.2. The van der Waals surface area contributed by atoms with E-state index in [2.05, 4.69) is 115 Å². The highest BCUT2D eigenvalue weighted by atomic mass is 16.5. The van der Waals surface area contributed by atoms with Gasteiger partial charge in [0.2, 0.25) is 0 Å². The molecule has 2 aliphatic rings. The van der Waals surface area contributed by atoms with Crippen LogP contribution in [0.25, 0.3) is 67.2 Å². The molecule has 0 N–H and O–H groups in total. The molecule has 1 aromatic heterocycles. The van der Waals surface area contributed by atoms with Gasteiger partial charge in [-0.05, 0) is 51.2 Å². The predicted octanol–water partition coefficient (Wildman–Crippen LogP) is 12.0. The summed E-state index contributed by atoms with van der Waals surface area (Å²) in [5.74, 6) is 3.02. The fourth-order valence-electron chi connectivity index (χ4n) is 8.82. The normalized spacial score (nSPS) is 12.9. The fourth-order valence-corrected chi connectivity index (χ4v) is 8.82. The summed E-state index contributed by atoms with van der Waals surface area (Å²) in [5.41, 5.74) is 10.8. The second-order valence-electron chi connectivity index (χ2n) is 14.2. The number of para-hydroxylation sites is 2. The van der Waals surface area contributed by atoms with E-state index in [4.69, 9.17) is 19.7 Å². The van der Waals surface area contributed by atoms with E-state index < -0.39 is 5.41 Å². The lowest BCUT2D eigenvalue weighted by Crippen LogP contribution is -2.32. The highest BCUT2D eigenvalue weighted by Gasteiger charge is 2.52. The molecule has 1 aliphatic carbocycles. The van der Waals surface area contributed by atoms with Gasteiger partial charge in [-0.2, -0.15) is 5.26 Å². The van der Waals surface area contributed by atoms with Crippen molar-refractivity contribution >= 4 is 10.8 Å². The molecule has 0 radical (unpaired) electrons. The molecule has 1 aliphatic heterocycles. The van der Waals surface area contributed by atoms with Gasteiger partial charge in [-0.25, -0.2) is 15.0 Å². The lowest BCUT2D eigenvalue weighted by atomic mass is 9.65. The van der Waals surface area contributed by atoms with Crippen LogP contribution < -0.4 is 4.74 Å². The lowest BCUT2D eigenvalue weighted by Gasteiger charge is -2.40. The Hall–Kier alpha value is -7.68. The van der Waals surface area contributed by atoms with Gasteiger partial charge in [-0.1, -0.05) is 164 Å². The Balaban J connectivity index is 1.23. The van der Waals surface area contributed by atoms with Crippen LogP contribution in [0.5, 0.6) is 11.5 Å². The van der Waals surface area contributed by atoms with Gasteiger partial charge in [0, 0.05) is 33.4 Å². The number of ether oxygens (including phenoxy) is 1. The van der Waals surface area contributed by atoms with Gasteiger partial charge in [-0.3, -0.25) is 0 Å². The number of hydrogen-bond acceptors (Lipinski definition) is 5. The van der Waals surface area contributed by atoms with Crippen molar-refractivity contribution in [2.24, 2.45) is 0 Å². The number of nitrogens with zero attached hydrogens (tertiary/aromatic N) is 4. The molecule has 5 heteroatoms. The Kier molecular flexibility index (Phi) is 7.07. The third-order valence-electron chi connectivity index (χ3n) is 11.2. The van der Waals surface area contributed by atoms with Gasteiger partial charge in [0.05, 0.1) is 22.6 Å². The summed E-state index contributed by atoms with van der Waals surface area (Å²) in [6.07, 6.45) is 0. The molecule has 8 aromatic carbocycles. The number of fused-ring (bicyclic) bond motifs is 10. The molecule has 5 nitrogen and oxygen atoms in total. The van der Waals surface area contributed by atoms with Crippen molar-refractivity contribution in [2.75, 3.05) is 0 Å². The van der Waals surface area contributed by atoms with Crippen LogP contribution in [0.3, 0.4) is 0 Å². The Bertz CT molecular complexity index is 3050. The maximum atomic E-state index is 10.3. The largest absolute Gasteiger partial charge is 0.455 e. The Morgan fingerprint density at radius 1 is 0.393 bits per heavy atom. The van der Waals surface area contributed by atoms with Crippen LogP contribution in [0.1, 0.15) is 27.8 Å². The summed E-state index contributed by atoms with van der Waals surface area (Å²) in [6, 6.07) is 64.8. The molecular formula is C51H30N4O. The quantitative estimate of drug-likeness (QED) is 0.181. The Morgan fingerprint density at radius 2 is 0.911 bits per heavy atom. The van der Waals surface area contributed by atoms with Gasteiger partial charge in [0.25, 0.3) is 0 Å². The molecule has 2 heterocycles. The second kappa shape index (κ2) is 12.4. The van der Waals surface area contributed by atoms with E-state index in [0.717, 1.165) is 49.7 Å². The van der Waals surface area contributed by atoms with E-state index in [-0.39, 0.29) is 0 Å². The third-order valence-corrected chi connectivity index (χ3v) is 11.2. The van der Waals surface area contributed by atoms with Gasteiger partial charge >= 0.3 is 0 Å². The highest BCUT2D eigenvalue weighted by Crippen LogP contribution is 2.64. The minimum absolute atomic E-state index is 0.506. The van der Waals surface area contributed by atoms with Crippen LogP contribution in [-0.4, -0.2) is 15.0 Å². The number of rotatable bonds is 4. The molecule has 56 heavy (non-hydrogen) atoms. The fraction of sp³-hybridized carbons (Fsp3) is 0.0196. The van der Waals surface area contributed by atoms with Gasteiger partial charge in [0.15, 0.2) is 17.5 Å². The van der Waals surface area contributed by atoms with Crippen molar-refractivity contribution in [2.45, 2.75) is 5.41 Å². The van der Waals surface area contributed by atoms with E-state index >= 15 is 0 Å². The lowest BCUT2D eigenvalue weighted by molar-refractivity contribution is 0.439. The molecule has 0 bridgehead atoms. The molecule has 1 spiro atoms. The summed E-state index contributed by atoms with van der Waals surface area (Å²) in [7, 11) is 0. The monoisotopic (exact) mass is 714 g/mol. The number of benzene rings is 8. The second-order valence-corrected chi connectivity index (χ2v) is 14.2. The standard InChI is InChI=1S/C51H30N4O/c52-31-36-18-6-7-19-37(36)40-22-12-26-44-46(40)56-47-41(23-13-27-45(47)51(44)42-24-10-8-20-38(42)39-21-9-11-25-43(39)51)50-54-48(33-15-2-1-3-16-33)53-49(55-50)35-29-28-32-14-4-5-17-34(32)30-35/h1-30H. The number of aromatic nitrogens is 3. The first-order valence-electron chi connectivity index (χ1n) is 18.7. The van der Waals surface area contributed by atoms with Crippen molar-refractivity contribution < 1.29 is 4.74 Å². The minimum atomic E-state index is -0.736. The first-order chi connectivity index (χ1) is 27.7. The van der Waals surface area contributed by atoms with E-state index in [1.165, 1.54) is 22.3 Å². The topological polar surface area (TPSA) is 71.7 Å². The average Bonchev–Trinajstić information content (AvgIpc) is 3.56. The van der Waals surface area contributed by atoms with E-state index in [1.807, 2.05) is 72.8 Å². The summed E-state index contributed by atoms with van der Waals surface area (Å²) in [5, 5.41) is 12.5. The average molecular weight is 715 g/mol. The van der Waals surface area contributed by atoms with E-state index in [9.17, 15) is 5.26 Å². The molecule has 0 atom stereocenters. The molecule has 9 aromatic rings. The maximum absolute atomic E-state index is 10.3. The molecule has 0 saturated carbocycles. The zero-order valence-corrected chi connectivity index (χ0v) is 30.0. The third kappa shape index (κ3) is 4.63. The van der Waals surface area contributed by atoms with Gasteiger partial charge < -0.3 is 4.74 Å². The van der Waals surface area contributed by atoms with Crippen LogP contribution in [0, 0.1) is 11.3 Å². The van der Waals surface area contributed by atoms with Crippen LogP contribution in [0.4, 0.5) is 0 Å². The molecule has 0 amide bonds. The van der Waals surface area contributed by atoms with Crippen LogP contribution in [0.15, 0.2) is 182 Å². The summed E-state index contributed by atoms with van der Waals surface area (Å²) >= 11 is 0. The minimum Gasteiger partial charge on any atom is -0.455 e. The van der Waals surface area contributed by atoms with Crippen molar-refractivity contribution in [3.05, 3.63) is 210 Å². The highest BCUT2D eigenvalue weighted by molar-refractivity contribution is 5.92. The van der Waals surface area contributed by atoms with E-state index in [0.29, 0.717) is 34.5 Å². The van der Waals surface area contributed by atoms with Crippen molar-refractivity contribution in [1.82, 2.24) is 15.0 Å². The van der Waals surface area contributed by atoms with Crippen LogP contribution in [0.2, 0.25) is 0 Å². The molecule has 0 saturated heterocycles. The first kappa shape index (κ1) is 31.8. The number of hydrogen-bond donors (Lipinski definition) is 0. The summed E-state index contributed by atoms with van der Waals surface area (Å²) < 4.78 is 7.30. The Morgan fingerprint density at radius 3 is 1.62 bits per heavy atom. The molecule has 11 rings (SSSR count). The van der Waals surface area contributed by atoms with Crippen LogP contribution >= 0.6 is 0 Å². The first-order valence-corrected chi connectivity index (χ1v) is 18.7. The SMILES string of the molecule is N#Cc1ccccc1-c1cccc2c1Oc1c(-c3nc(-c4ccccc4)nc(-c4ccc5ccccc5c4)n3)cccc1C21c2ccccc2-c2ccccc21. The molecule has 0 fully saturated rings. The van der Waals surface area contributed by atoms with Gasteiger partial charge in [0.1, 0.15) is 11.5 Å². The number of nitriles is 1. The Labute approximate surface area is 323 Å². The summed E-state index contributed by atoms with van der Waals surface area (Å²) in [4.78, 5) is 15.5. The maximum Gasteiger partial charge on any atom is 0.167 e. The smallest absolute Gasteiger partial charge is 0.167 e. The summed E-state index contributed by atoms with van der Waals surface area (Å²) in [6.45, 7) is 0. The zero-order valence-electron chi connectivity index (χ0n) is 30.0. The van der Waals surface area contributed by atoms with Crippen molar-refractivity contribution in [1.29, 1.82) is 5.26 Å². The molecule has 0 unspecified atom stereocenters. The van der Waals surface area contributed by atoms with Gasteiger partial charge in [-0.15, -0.1) is 0 Å². The molecular weight excluding hydrogens is 685 g/mol. The van der Waals surface area contributed by atoms with E-state index in [1.54, 1.807) is 0 Å². The van der Waals surface area contributed by atoms with Crippen molar-refractivity contribution in [3.63, 3.8) is 0 Å².